The average Bonchev–Trinajstić information content (AvgIpc) is 2.36. The molecule has 2 rings (SSSR count). The van der Waals surface area contributed by atoms with Crippen LogP contribution in [-0.2, 0) is 0 Å². The molecular weight excluding hydrogens is 244 g/mol. The molecule has 100 valence electrons. The van der Waals surface area contributed by atoms with Crippen molar-refractivity contribution in [3.05, 3.63) is 34.9 Å². The van der Waals surface area contributed by atoms with E-state index in [1.165, 1.54) is 24.9 Å². The standard InChI is InChI=1S/C15H23ClN2/c1-2-3-7-18-10-13(9-15(17)11-18)12-5-4-6-14(16)8-12/h4-6,8,13,15H,2-3,7,9-11,17H2,1H3. The topological polar surface area (TPSA) is 29.3 Å². The highest BCUT2D eigenvalue weighted by Gasteiger charge is 2.25. The van der Waals surface area contributed by atoms with Crippen LogP contribution in [0.15, 0.2) is 24.3 Å². The van der Waals surface area contributed by atoms with Crippen LogP contribution in [0.5, 0.6) is 0 Å². The van der Waals surface area contributed by atoms with Crippen molar-refractivity contribution in [1.82, 2.24) is 4.90 Å². The maximum absolute atomic E-state index is 6.19. The molecule has 1 aliphatic heterocycles. The molecule has 18 heavy (non-hydrogen) atoms. The van der Waals surface area contributed by atoms with Gasteiger partial charge in [0, 0.05) is 24.2 Å². The molecule has 0 bridgehead atoms. The second kappa shape index (κ2) is 6.55. The summed E-state index contributed by atoms with van der Waals surface area (Å²) in [6.07, 6.45) is 3.57. The number of hydrogen-bond donors (Lipinski definition) is 1. The van der Waals surface area contributed by atoms with Gasteiger partial charge in [-0.1, -0.05) is 37.1 Å². The number of likely N-dealkylation sites (tertiary alicyclic amines) is 1. The first-order valence-corrected chi connectivity index (χ1v) is 7.30. The Labute approximate surface area is 115 Å². The van der Waals surface area contributed by atoms with Crippen LogP contribution < -0.4 is 5.73 Å². The van der Waals surface area contributed by atoms with Crippen LogP contribution in [0.2, 0.25) is 5.02 Å². The Kier molecular flexibility index (Phi) is 5.04. The zero-order valence-corrected chi connectivity index (χ0v) is 11.9. The molecule has 2 N–H and O–H groups in total. The van der Waals surface area contributed by atoms with Crippen LogP contribution in [0.3, 0.4) is 0 Å². The van der Waals surface area contributed by atoms with Gasteiger partial charge in [0.2, 0.25) is 0 Å². The van der Waals surface area contributed by atoms with E-state index in [9.17, 15) is 0 Å². The summed E-state index contributed by atoms with van der Waals surface area (Å²) >= 11 is 6.08. The minimum absolute atomic E-state index is 0.291. The number of halogens is 1. The summed E-state index contributed by atoms with van der Waals surface area (Å²) in [6.45, 7) is 5.56. The molecule has 0 radical (unpaired) electrons. The molecule has 2 nitrogen and oxygen atoms in total. The van der Waals surface area contributed by atoms with Gasteiger partial charge < -0.3 is 10.6 Å². The van der Waals surface area contributed by atoms with E-state index >= 15 is 0 Å². The fourth-order valence-electron chi connectivity index (χ4n) is 2.80. The van der Waals surface area contributed by atoms with Crippen molar-refractivity contribution in [3.8, 4) is 0 Å². The largest absolute Gasteiger partial charge is 0.327 e. The molecule has 1 aromatic carbocycles. The fraction of sp³-hybridized carbons (Fsp3) is 0.600. The van der Waals surface area contributed by atoms with Gasteiger partial charge in [-0.2, -0.15) is 0 Å². The summed E-state index contributed by atoms with van der Waals surface area (Å²) < 4.78 is 0. The second-order valence-corrected chi connectivity index (χ2v) is 5.80. The first-order chi connectivity index (χ1) is 8.69. The molecule has 2 atom stereocenters. The van der Waals surface area contributed by atoms with Crippen LogP contribution in [0.4, 0.5) is 0 Å². The number of hydrogen-bond acceptors (Lipinski definition) is 2. The van der Waals surface area contributed by atoms with Crippen molar-refractivity contribution in [2.75, 3.05) is 19.6 Å². The number of benzene rings is 1. The van der Waals surface area contributed by atoms with E-state index in [0.717, 1.165) is 24.5 Å². The molecule has 0 amide bonds. The third kappa shape index (κ3) is 3.71. The Morgan fingerprint density at radius 1 is 1.39 bits per heavy atom. The van der Waals surface area contributed by atoms with E-state index in [2.05, 4.69) is 24.0 Å². The van der Waals surface area contributed by atoms with Crippen molar-refractivity contribution in [1.29, 1.82) is 0 Å². The molecular formula is C15H23ClN2. The van der Waals surface area contributed by atoms with Crippen LogP contribution in [0.25, 0.3) is 0 Å². The summed E-state index contributed by atoms with van der Waals surface area (Å²) in [5.41, 5.74) is 7.52. The highest BCUT2D eigenvalue weighted by molar-refractivity contribution is 6.30. The van der Waals surface area contributed by atoms with E-state index in [1.807, 2.05) is 12.1 Å². The molecule has 0 aliphatic carbocycles. The fourth-order valence-corrected chi connectivity index (χ4v) is 3.00. The lowest BCUT2D eigenvalue weighted by atomic mass is 9.88. The third-order valence-corrected chi connectivity index (χ3v) is 3.94. The Hall–Kier alpha value is -0.570. The van der Waals surface area contributed by atoms with Crippen molar-refractivity contribution in [2.45, 2.75) is 38.1 Å². The van der Waals surface area contributed by atoms with Crippen molar-refractivity contribution >= 4 is 11.6 Å². The minimum Gasteiger partial charge on any atom is -0.327 e. The van der Waals surface area contributed by atoms with Crippen LogP contribution in [-0.4, -0.2) is 30.6 Å². The highest BCUT2D eigenvalue weighted by Crippen LogP contribution is 2.28. The average molecular weight is 267 g/mol. The SMILES string of the molecule is CCCCN1CC(N)CC(c2cccc(Cl)c2)C1. The number of rotatable bonds is 4. The molecule has 2 unspecified atom stereocenters. The number of nitrogens with zero attached hydrogens (tertiary/aromatic N) is 1. The second-order valence-electron chi connectivity index (χ2n) is 5.36. The Morgan fingerprint density at radius 3 is 2.94 bits per heavy atom. The number of unbranched alkanes of at least 4 members (excludes halogenated alkanes) is 1. The predicted molar refractivity (Wildman–Crippen MR) is 78.1 cm³/mol. The van der Waals surface area contributed by atoms with Gasteiger partial charge in [0.25, 0.3) is 0 Å². The normalized spacial score (nSPS) is 25.3. The first kappa shape index (κ1) is 13.9. The van der Waals surface area contributed by atoms with Gasteiger partial charge in [0.1, 0.15) is 0 Å². The van der Waals surface area contributed by atoms with E-state index in [0.29, 0.717) is 12.0 Å². The minimum atomic E-state index is 0.291. The Balaban J connectivity index is 2.03. The maximum Gasteiger partial charge on any atom is 0.0408 e. The van der Waals surface area contributed by atoms with Gasteiger partial charge in [-0.25, -0.2) is 0 Å². The predicted octanol–water partition coefficient (Wildman–Crippen LogP) is 3.26. The molecule has 0 saturated carbocycles. The van der Waals surface area contributed by atoms with Gasteiger partial charge in [0.05, 0.1) is 0 Å². The summed E-state index contributed by atoms with van der Waals surface area (Å²) in [5.74, 6) is 0.532. The third-order valence-electron chi connectivity index (χ3n) is 3.71. The molecule has 3 heteroatoms. The molecule has 1 fully saturated rings. The van der Waals surface area contributed by atoms with E-state index in [1.54, 1.807) is 0 Å². The first-order valence-electron chi connectivity index (χ1n) is 6.92. The Bertz CT molecular complexity index is 381. The molecule has 0 aromatic heterocycles. The van der Waals surface area contributed by atoms with Gasteiger partial charge >= 0.3 is 0 Å². The van der Waals surface area contributed by atoms with Gasteiger partial charge in [-0.05, 0) is 43.0 Å². The van der Waals surface area contributed by atoms with Gasteiger partial charge in [-0.15, -0.1) is 0 Å². The summed E-state index contributed by atoms with van der Waals surface area (Å²) in [7, 11) is 0. The van der Waals surface area contributed by atoms with Crippen molar-refractivity contribution < 1.29 is 0 Å². The van der Waals surface area contributed by atoms with E-state index < -0.39 is 0 Å². The Morgan fingerprint density at radius 2 is 2.22 bits per heavy atom. The molecule has 1 heterocycles. The lowest BCUT2D eigenvalue weighted by Gasteiger charge is -2.36. The number of piperidine rings is 1. The quantitative estimate of drug-likeness (QED) is 0.906. The highest BCUT2D eigenvalue weighted by atomic mass is 35.5. The zero-order valence-electron chi connectivity index (χ0n) is 11.1. The lowest BCUT2D eigenvalue weighted by Crippen LogP contribution is -2.46. The molecule has 1 aliphatic rings. The molecule has 1 aromatic rings. The van der Waals surface area contributed by atoms with E-state index in [4.69, 9.17) is 17.3 Å². The van der Waals surface area contributed by atoms with Crippen LogP contribution >= 0.6 is 11.6 Å². The maximum atomic E-state index is 6.19. The van der Waals surface area contributed by atoms with Crippen molar-refractivity contribution in [2.24, 2.45) is 5.73 Å². The van der Waals surface area contributed by atoms with Crippen molar-refractivity contribution in [3.63, 3.8) is 0 Å². The van der Waals surface area contributed by atoms with Crippen LogP contribution in [0, 0.1) is 0 Å². The van der Waals surface area contributed by atoms with Gasteiger partial charge in [-0.3, -0.25) is 0 Å². The van der Waals surface area contributed by atoms with E-state index in [-0.39, 0.29) is 0 Å². The summed E-state index contributed by atoms with van der Waals surface area (Å²) in [5, 5.41) is 0.826. The smallest absolute Gasteiger partial charge is 0.0408 e. The molecule has 1 saturated heterocycles. The molecule has 0 spiro atoms. The summed E-state index contributed by atoms with van der Waals surface area (Å²) in [6, 6.07) is 8.52. The van der Waals surface area contributed by atoms with Crippen LogP contribution in [0.1, 0.15) is 37.7 Å². The monoisotopic (exact) mass is 266 g/mol. The zero-order chi connectivity index (χ0) is 13.0. The number of nitrogens with two attached hydrogens (primary N) is 1. The lowest BCUT2D eigenvalue weighted by molar-refractivity contribution is 0.186. The van der Waals surface area contributed by atoms with Gasteiger partial charge in [0.15, 0.2) is 0 Å². The summed E-state index contributed by atoms with van der Waals surface area (Å²) in [4.78, 5) is 2.50.